The summed E-state index contributed by atoms with van der Waals surface area (Å²) < 4.78 is 23.2. The van der Waals surface area contributed by atoms with Crippen molar-refractivity contribution >= 4 is 15.9 Å². The molecule has 0 aliphatic heterocycles. The van der Waals surface area contributed by atoms with E-state index in [4.69, 9.17) is 5.14 Å². The van der Waals surface area contributed by atoms with Crippen LogP contribution < -0.4 is 10.5 Å². The zero-order valence-corrected chi connectivity index (χ0v) is 14.0. The van der Waals surface area contributed by atoms with Gasteiger partial charge in [-0.05, 0) is 56.4 Å². The molecule has 1 rings (SSSR count). The van der Waals surface area contributed by atoms with E-state index in [0.29, 0.717) is 17.0 Å². The molecule has 1 aromatic carbocycles. The average Bonchev–Trinajstić information content (AvgIpc) is 2.29. The predicted octanol–water partition coefficient (Wildman–Crippen LogP) is 2.12. The monoisotopic (exact) mass is 312 g/mol. The van der Waals surface area contributed by atoms with E-state index >= 15 is 0 Å². The Hall–Kier alpha value is -1.40. The Morgan fingerprint density at radius 3 is 2.29 bits per heavy atom. The number of hydrogen-bond acceptors (Lipinski definition) is 3. The highest BCUT2D eigenvalue weighted by atomic mass is 32.2. The summed E-state index contributed by atoms with van der Waals surface area (Å²) in [6.07, 6.45) is 0.860. The zero-order valence-electron chi connectivity index (χ0n) is 13.2. The standard InChI is InChI=1S/C15H24N2O3S/c1-9(2)6-11(4)17-15(18)13-7-10(3)12(5)14(8-13)21(16,19)20/h7-9,11H,6H2,1-5H3,(H,17,18)(H2,16,19,20). The fourth-order valence-electron chi connectivity index (χ4n) is 2.33. The van der Waals surface area contributed by atoms with Crippen LogP contribution in [0.15, 0.2) is 17.0 Å². The summed E-state index contributed by atoms with van der Waals surface area (Å²) in [5.41, 5.74) is 1.62. The van der Waals surface area contributed by atoms with Gasteiger partial charge in [0.1, 0.15) is 0 Å². The van der Waals surface area contributed by atoms with Crippen molar-refractivity contribution in [1.82, 2.24) is 5.32 Å². The SMILES string of the molecule is Cc1cc(C(=O)NC(C)CC(C)C)cc(S(N)(=O)=O)c1C. The number of benzene rings is 1. The van der Waals surface area contributed by atoms with Crippen molar-refractivity contribution in [2.45, 2.75) is 52.0 Å². The van der Waals surface area contributed by atoms with E-state index in [1.807, 2.05) is 6.92 Å². The minimum Gasteiger partial charge on any atom is -0.350 e. The molecular formula is C15H24N2O3S. The largest absolute Gasteiger partial charge is 0.350 e. The van der Waals surface area contributed by atoms with Gasteiger partial charge < -0.3 is 5.32 Å². The Labute approximate surface area is 127 Å². The van der Waals surface area contributed by atoms with Gasteiger partial charge in [-0.25, -0.2) is 13.6 Å². The van der Waals surface area contributed by atoms with Crippen LogP contribution in [0.4, 0.5) is 0 Å². The second-order valence-electron chi connectivity index (χ2n) is 5.97. The third kappa shape index (κ3) is 4.82. The molecule has 0 saturated carbocycles. The number of hydrogen-bond donors (Lipinski definition) is 2. The summed E-state index contributed by atoms with van der Waals surface area (Å²) in [7, 11) is -3.84. The van der Waals surface area contributed by atoms with Crippen molar-refractivity contribution in [1.29, 1.82) is 0 Å². The van der Waals surface area contributed by atoms with Crippen LogP contribution >= 0.6 is 0 Å². The number of nitrogens with two attached hydrogens (primary N) is 1. The lowest BCUT2D eigenvalue weighted by Gasteiger charge is -2.17. The second-order valence-corrected chi connectivity index (χ2v) is 7.50. The maximum absolute atomic E-state index is 12.2. The molecule has 21 heavy (non-hydrogen) atoms. The Bertz CT molecular complexity index is 637. The van der Waals surface area contributed by atoms with Crippen LogP contribution in [0.3, 0.4) is 0 Å². The van der Waals surface area contributed by atoms with Crippen molar-refractivity contribution in [3.63, 3.8) is 0 Å². The molecule has 118 valence electrons. The number of amides is 1. The fourth-order valence-corrected chi connectivity index (χ4v) is 3.21. The van der Waals surface area contributed by atoms with Crippen LogP contribution in [-0.2, 0) is 10.0 Å². The highest BCUT2D eigenvalue weighted by Gasteiger charge is 2.18. The lowest BCUT2D eigenvalue weighted by atomic mass is 10.0. The van der Waals surface area contributed by atoms with Gasteiger partial charge in [-0.2, -0.15) is 0 Å². The number of carbonyl (C=O) groups is 1. The van der Waals surface area contributed by atoms with Crippen molar-refractivity contribution in [2.24, 2.45) is 11.1 Å². The summed E-state index contributed by atoms with van der Waals surface area (Å²) in [4.78, 5) is 12.2. The van der Waals surface area contributed by atoms with E-state index in [0.717, 1.165) is 12.0 Å². The smallest absolute Gasteiger partial charge is 0.251 e. The molecule has 3 N–H and O–H groups in total. The molecule has 1 unspecified atom stereocenters. The highest BCUT2D eigenvalue weighted by Crippen LogP contribution is 2.20. The summed E-state index contributed by atoms with van der Waals surface area (Å²) in [6.45, 7) is 9.53. The van der Waals surface area contributed by atoms with Crippen LogP contribution in [0.1, 0.15) is 48.7 Å². The summed E-state index contributed by atoms with van der Waals surface area (Å²) in [5, 5.41) is 8.08. The third-order valence-electron chi connectivity index (χ3n) is 3.39. The molecule has 0 spiro atoms. The predicted molar refractivity (Wildman–Crippen MR) is 83.7 cm³/mol. The van der Waals surface area contributed by atoms with Crippen LogP contribution in [-0.4, -0.2) is 20.4 Å². The molecule has 0 aromatic heterocycles. The Morgan fingerprint density at radius 1 is 1.24 bits per heavy atom. The number of sulfonamides is 1. The van der Waals surface area contributed by atoms with E-state index in [9.17, 15) is 13.2 Å². The first-order valence-corrected chi connectivity index (χ1v) is 8.52. The van der Waals surface area contributed by atoms with E-state index < -0.39 is 10.0 Å². The average molecular weight is 312 g/mol. The van der Waals surface area contributed by atoms with Gasteiger partial charge in [0, 0.05) is 11.6 Å². The minimum atomic E-state index is -3.84. The van der Waals surface area contributed by atoms with E-state index in [2.05, 4.69) is 19.2 Å². The number of nitrogens with one attached hydrogen (secondary N) is 1. The van der Waals surface area contributed by atoms with Crippen LogP contribution in [0.2, 0.25) is 0 Å². The van der Waals surface area contributed by atoms with Gasteiger partial charge >= 0.3 is 0 Å². The molecule has 0 fully saturated rings. The van der Waals surface area contributed by atoms with Gasteiger partial charge in [0.25, 0.3) is 5.91 Å². The van der Waals surface area contributed by atoms with Gasteiger partial charge in [-0.1, -0.05) is 13.8 Å². The summed E-state index contributed by atoms with van der Waals surface area (Å²) in [6, 6.07) is 3.05. The fraction of sp³-hybridized carbons (Fsp3) is 0.533. The zero-order chi connectivity index (χ0) is 16.4. The molecular weight excluding hydrogens is 288 g/mol. The molecule has 0 aliphatic carbocycles. The Kier molecular flexibility index (Phi) is 5.53. The molecule has 0 heterocycles. The van der Waals surface area contributed by atoms with Crippen LogP contribution in [0, 0.1) is 19.8 Å². The van der Waals surface area contributed by atoms with E-state index in [1.54, 1.807) is 19.9 Å². The van der Waals surface area contributed by atoms with Gasteiger partial charge in [0.05, 0.1) is 4.90 Å². The van der Waals surface area contributed by atoms with Crippen molar-refractivity contribution in [2.75, 3.05) is 0 Å². The number of rotatable bonds is 5. The lowest BCUT2D eigenvalue weighted by Crippen LogP contribution is -2.33. The van der Waals surface area contributed by atoms with E-state index in [-0.39, 0.29) is 16.8 Å². The molecule has 1 amide bonds. The van der Waals surface area contributed by atoms with Crippen LogP contribution in [0.5, 0.6) is 0 Å². The minimum absolute atomic E-state index is 0.00385. The van der Waals surface area contributed by atoms with Gasteiger partial charge in [0.2, 0.25) is 10.0 Å². The maximum Gasteiger partial charge on any atom is 0.251 e. The van der Waals surface area contributed by atoms with Crippen molar-refractivity contribution in [3.8, 4) is 0 Å². The summed E-state index contributed by atoms with van der Waals surface area (Å²) >= 11 is 0. The molecule has 1 atom stereocenters. The molecule has 0 radical (unpaired) electrons. The van der Waals surface area contributed by atoms with Crippen molar-refractivity contribution < 1.29 is 13.2 Å². The Balaban J connectivity index is 3.09. The van der Waals surface area contributed by atoms with E-state index in [1.165, 1.54) is 6.07 Å². The van der Waals surface area contributed by atoms with Crippen molar-refractivity contribution in [3.05, 3.63) is 28.8 Å². The van der Waals surface area contributed by atoms with Gasteiger partial charge in [-0.3, -0.25) is 4.79 Å². The first-order chi connectivity index (χ1) is 9.52. The maximum atomic E-state index is 12.2. The first kappa shape index (κ1) is 17.7. The molecule has 0 aliphatic rings. The molecule has 1 aromatic rings. The molecule has 5 nitrogen and oxygen atoms in total. The van der Waals surface area contributed by atoms with Gasteiger partial charge in [0.15, 0.2) is 0 Å². The second kappa shape index (κ2) is 6.58. The highest BCUT2D eigenvalue weighted by molar-refractivity contribution is 7.89. The quantitative estimate of drug-likeness (QED) is 0.872. The van der Waals surface area contributed by atoms with Crippen LogP contribution in [0.25, 0.3) is 0 Å². The number of primary sulfonamides is 1. The topological polar surface area (TPSA) is 89.3 Å². The molecule has 0 saturated heterocycles. The normalized spacial score (nSPS) is 13.3. The first-order valence-electron chi connectivity index (χ1n) is 6.97. The Morgan fingerprint density at radius 2 is 1.81 bits per heavy atom. The lowest BCUT2D eigenvalue weighted by molar-refractivity contribution is 0.0936. The third-order valence-corrected chi connectivity index (χ3v) is 4.43. The molecule has 0 bridgehead atoms. The van der Waals surface area contributed by atoms with Gasteiger partial charge in [-0.15, -0.1) is 0 Å². The number of aryl methyl sites for hydroxylation is 1. The molecule has 6 heteroatoms. The summed E-state index contributed by atoms with van der Waals surface area (Å²) in [5.74, 6) is 0.191. The number of carbonyl (C=O) groups excluding carboxylic acids is 1.